The molecule has 0 aromatic heterocycles. The van der Waals surface area contributed by atoms with E-state index in [0.29, 0.717) is 0 Å². The third-order valence-electron chi connectivity index (χ3n) is 2.01. The molecule has 0 aliphatic heterocycles. The molecule has 1 N–H and O–H groups in total. The van der Waals surface area contributed by atoms with Crippen molar-refractivity contribution in [3.05, 3.63) is 6.42 Å². The van der Waals surface area contributed by atoms with Crippen LogP contribution in [0.15, 0.2) is 0 Å². The lowest BCUT2D eigenvalue weighted by atomic mass is 10.2. The molecule has 0 atom stereocenters. The molecular weight excluding hydrogens is 146 g/mol. The lowest BCUT2D eigenvalue weighted by Gasteiger charge is -2.02. The van der Waals surface area contributed by atoms with Crippen molar-refractivity contribution in [2.75, 3.05) is 13.1 Å². The minimum atomic E-state index is 1.10. The van der Waals surface area contributed by atoms with E-state index in [9.17, 15) is 0 Å². The Kier molecular flexibility index (Phi) is 10.9. The van der Waals surface area contributed by atoms with Crippen molar-refractivity contribution in [1.29, 1.82) is 0 Å². The van der Waals surface area contributed by atoms with E-state index in [2.05, 4.69) is 25.6 Å². The molecule has 0 rings (SSSR count). The Labute approximate surface area is 77.9 Å². The summed E-state index contributed by atoms with van der Waals surface area (Å²) in [7, 11) is 0. The van der Waals surface area contributed by atoms with Gasteiger partial charge in [-0.1, -0.05) is 39.5 Å². The largest absolute Gasteiger partial charge is 0.316 e. The maximum atomic E-state index is 3.42. The average molecular weight is 170 g/mol. The van der Waals surface area contributed by atoms with E-state index in [-0.39, 0.29) is 0 Å². The first-order valence-corrected chi connectivity index (χ1v) is 5.44. The van der Waals surface area contributed by atoms with E-state index in [1.54, 1.807) is 0 Å². The van der Waals surface area contributed by atoms with Gasteiger partial charge in [-0.25, -0.2) is 0 Å². The van der Waals surface area contributed by atoms with Crippen LogP contribution in [-0.2, 0) is 0 Å². The van der Waals surface area contributed by atoms with Gasteiger partial charge in [-0.15, -0.1) is 0 Å². The predicted octanol–water partition coefficient (Wildman–Crippen LogP) is 3.16. The lowest BCUT2D eigenvalue weighted by Crippen LogP contribution is -2.16. The fourth-order valence-electron chi connectivity index (χ4n) is 1.15. The van der Waals surface area contributed by atoms with Crippen molar-refractivity contribution in [3.8, 4) is 0 Å². The Bertz CT molecular complexity index is 61.4. The van der Waals surface area contributed by atoms with Gasteiger partial charge >= 0.3 is 0 Å². The second kappa shape index (κ2) is 11.0. The summed E-state index contributed by atoms with van der Waals surface area (Å²) in [5.74, 6) is 0. The fraction of sp³-hybridized carbons (Fsp3) is 0.909. The Hall–Kier alpha value is -0.0400. The number of rotatable bonds is 9. The van der Waals surface area contributed by atoms with E-state index in [0.717, 1.165) is 6.54 Å². The van der Waals surface area contributed by atoms with Crippen molar-refractivity contribution < 1.29 is 0 Å². The number of nitrogens with one attached hydrogen (secondary N) is 1. The van der Waals surface area contributed by atoms with Gasteiger partial charge < -0.3 is 5.32 Å². The maximum absolute atomic E-state index is 3.42. The molecule has 0 saturated carbocycles. The van der Waals surface area contributed by atoms with Crippen molar-refractivity contribution in [2.24, 2.45) is 0 Å². The summed E-state index contributed by atoms with van der Waals surface area (Å²) in [6, 6.07) is 0. The molecule has 12 heavy (non-hydrogen) atoms. The highest BCUT2D eigenvalue weighted by atomic mass is 14.8. The van der Waals surface area contributed by atoms with Crippen LogP contribution in [0.1, 0.15) is 52.4 Å². The molecule has 0 spiro atoms. The van der Waals surface area contributed by atoms with Gasteiger partial charge in [0.15, 0.2) is 0 Å². The van der Waals surface area contributed by atoms with Crippen molar-refractivity contribution in [2.45, 2.75) is 52.4 Å². The zero-order chi connectivity index (χ0) is 9.07. The molecule has 1 heteroatoms. The van der Waals surface area contributed by atoms with E-state index in [1.807, 2.05) is 0 Å². The van der Waals surface area contributed by atoms with E-state index >= 15 is 0 Å². The van der Waals surface area contributed by atoms with Crippen LogP contribution in [0.4, 0.5) is 0 Å². The Balaban J connectivity index is 2.73. The van der Waals surface area contributed by atoms with Crippen LogP contribution in [0.5, 0.6) is 0 Å². The highest BCUT2D eigenvalue weighted by Gasteiger charge is 1.88. The summed E-state index contributed by atoms with van der Waals surface area (Å²) in [6.45, 7) is 6.77. The molecule has 0 aliphatic carbocycles. The number of unbranched alkanes of at least 4 members (excludes halogenated alkanes) is 5. The maximum Gasteiger partial charge on any atom is -0.00174 e. The molecule has 1 nitrogen and oxygen atoms in total. The average Bonchev–Trinajstić information content (AvgIpc) is 2.10. The summed E-state index contributed by atoms with van der Waals surface area (Å²) >= 11 is 0. The zero-order valence-electron chi connectivity index (χ0n) is 8.73. The van der Waals surface area contributed by atoms with Crippen LogP contribution >= 0.6 is 0 Å². The SMILES string of the molecule is CCCC[CH]CNCCCCC. The first kappa shape index (κ1) is 12.0. The van der Waals surface area contributed by atoms with Crippen LogP contribution in [-0.4, -0.2) is 13.1 Å². The van der Waals surface area contributed by atoms with Crippen LogP contribution in [0.3, 0.4) is 0 Å². The lowest BCUT2D eigenvalue weighted by molar-refractivity contribution is 0.625. The summed E-state index contributed by atoms with van der Waals surface area (Å²) in [4.78, 5) is 0. The first-order chi connectivity index (χ1) is 5.91. The highest BCUT2D eigenvalue weighted by Crippen LogP contribution is 1.96. The summed E-state index contributed by atoms with van der Waals surface area (Å²) < 4.78 is 0. The van der Waals surface area contributed by atoms with E-state index in [4.69, 9.17) is 0 Å². The zero-order valence-corrected chi connectivity index (χ0v) is 8.73. The molecule has 1 radical (unpaired) electrons. The van der Waals surface area contributed by atoms with Gasteiger partial charge in [0.1, 0.15) is 0 Å². The van der Waals surface area contributed by atoms with Crippen LogP contribution in [0.25, 0.3) is 0 Å². The second-order valence-corrected chi connectivity index (χ2v) is 3.34. The first-order valence-electron chi connectivity index (χ1n) is 5.44. The number of hydrogen-bond acceptors (Lipinski definition) is 1. The Morgan fingerprint density at radius 2 is 1.75 bits per heavy atom. The third kappa shape index (κ3) is 9.96. The van der Waals surface area contributed by atoms with Gasteiger partial charge in [0.2, 0.25) is 0 Å². The molecule has 0 heterocycles. The Morgan fingerprint density at radius 1 is 1.00 bits per heavy atom. The Morgan fingerprint density at radius 3 is 2.42 bits per heavy atom. The standard InChI is InChI=1S/C11H24N/c1-3-5-7-9-11-12-10-8-6-4-2/h9,12H,3-8,10-11H2,1-2H3. The third-order valence-corrected chi connectivity index (χ3v) is 2.01. The summed E-state index contributed by atoms with van der Waals surface area (Å²) in [5.41, 5.74) is 0. The molecule has 73 valence electrons. The molecular formula is C11H24N. The minimum absolute atomic E-state index is 1.10. The van der Waals surface area contributed by atoms with Crippen LogP contribution in [0, 0.1) is 6.42 Å². The molecule has 0 aromatic rings. The molecule has 0 bridgehead atoms. The molecule has 0 aliphatic rings. The van der Waals surface area contributed by atoms with Gasteiger partial charge in [0, 0.05) is 0 Å². The van der Waals surface area contributed by atoms with Gasteiger partial charge in [-0.3, -0.25) is 0 Å². The van der Waals surface area contributed by atoms with Crippen LogP contribution in [0.2, 0.25) is 0 Å². The molecule has 0 fully saturated rings. The molecule has 0 unspecified atom stereocenters. The van der Waals surface area contributed by atoms with E-state index in [1.165, 1.54) is 45.1 Å². The molecule has 0 amide bonds. The van der Waals surface area contributed by atoms with Crippen molar-refractivity contribution >= 4 is 0 Å². The predicted molar refractivity (Wildman–Crippen MR) is 56.2 cm³/mol. The second-order valence-electron chi connectivity index (χ2n) is 3.34. The topological polar surface area (TPSA) is 12.0 Å². The molecule has 0 aromatic carbocycles. The summed E-state index contributed by atoms with van der Waals surface area (Å²) in [6.07, 6.45) is 10.3. The van der Waals surface area contributed by atoms with Crippen LogP contribution < -0.4 is 5.32 Å². The number of hydrogen-bond donors (Lipinski definition) is 1. The summed E-state index contributed by atoms with van der Waals surface area (Å²) in [5, 5.41) is 3.42. The van der Waals surface area contributed by atoms with Gasteiger partial charge in [-0.2, -0.15) is 0 Å². The quantitative estimate of drug-likeness (QED) is 0.524. The minimum Gasteiger partial charge on any atom is -0.316 e. The van der Waals surface area contributed by atoms with Crippen molar-refractivity contribution in [1.82, 2.24) is 5.32 Å². The monoisotopic (exact) mass is 170 g/mol. The highest BCUT2D eigenvalue weighted by molar-refractivity contribution is 4.67. The van der Waals surface area contributed by atoms with E-state index < -0.39 is 0 Å². The van der Waals surface area contributed by atoms with Gasteiger partial charge in [-0.05, 0) is 32.4 Å². The van der Waals surface area contributed by atoms with Gasteiger partial charge in [0.05, 0.1) is 0 Å². The van der Waals surface area contributed by atoms with Crippen molar-refractivity contribution in [3.63, 3.8) is 0 Å². The smallest absolute Gasteiger partial charge is 0.00174 e. The molecule has 0 saturated heterocycles. The normalized spacial score (nSPS) is 10.5. The fourth-order valence-corrected chi connectivity index (χ4v) is 1.15. The van der Waals surface area contributed by atoms with Gasteiger partial charge in [0.25, 0.3) is 0 Å².